The monoisotopic (exact) mass is 230 g/mol. The molecule has 0 aliphatic carbocycles. The summed E-state index contributed by atoms with van der Waals surface area (Å²) in [6.45, 7) is 0.250. The highest BCUT2D eigenvalue weighted by molar-refractivity contribution is 4.83. The summed E-state index contributed by atoms with van der Waals surface area (Å²) in [5, 5.41) is 18.1. The van der Waals surface area contributed by atoms with E-state index in [1.54, 1.807) is 0 Å². The highest BCUT2D eigenvalue weighted by Crippen LogP contribution is 2.39. The van der Waals surface area contributed by atoms with Crippen molar-refractivity contribution in [2.45, 2.75) is 62.9 Å². The van der Waals surface area contributed by atoms with Crippen molar-refractivity contribution < 1.29 is 19.7 Å². The maximum atomic E-state index is 9.15. The molecule has 2 rings (SSSR count). The molecule has 3 atom stereocenters. The molecule has 0 aromatic heterocycles. The first-order valence-corrected chi connectivity index (χ1v) is 6.35. The van der Waals surface area contributed by atoms with Gasteiger partial charge in [-0.05, 0) is 32.1 Å². The van der Waals surface area contributed by atoms with E-state index in [4.69, 9.17) is 19.7 Å². The summed E-state index contributed by atoms with van der Waals surface area (Å²) in [6.07, 6.45) is 6.66. The van der Waals surface area contributed by atoms with E-state index in [0.29, 0.717) is 6.42 Å². The summed E-state index contributed by atoms with van der Waals surface area (Å²) in [6, 6.07) is 0. The van der Waals surface area contributed by atoms with Crippen LogP contribution in [0.3, 0.4) is 0 Å². The number of aliphatic hydroxyl groups excluding tert-OH is 2. The average molecular weight is 230 g/mol. The van der Waals surface area contributed by atoms with E-state index in [-0.39, 0.29) is 25.4 Å². The molecule has 2 fully saturated rings. The molecular weight excluding hydrogens is 208 g/mol. The lowest BCUT2D eigenvalue weighted by molar-refractivity contribution is -0.318. The lowest BCUT2D eigenvalue weighted by Gasteiger charge is -2.45. The molecule has 4 nitrogen and oxygen atoms in total. The van der Waals surface area contributed by atoms with Gasteiger partial charge in [0.05, 0.1) is 18.8 Å². The third-order valence-corrected chi connectivity index (χ3v) is 3.59. The number of hydrogen-bond acceptors (Lipinski definition) is 4. The molecule has 1 spiro atoms. The zero-order valence-electron chi connectivity index (χ0n) is 9.73. The van der Waals surface area contributed by atoms with Gasteiger partial charge in [-0.2, -0.15) is 0 Å². The highest BCUT2D eigenvalue weighted by Gasteiger charge is 2.42. The van der Waals surface area contributed by atoms with Crippen molar-refractivity contribution in [3.8, 4) is 0 Å². The Morgan fingerprint density at radius 1 is 1.00 bits per heavy atom. The summed E-state index contributed by atoms with van der Waals surface area (Å²) in [5.74, 6) is -0.469. The van der Waals surface area contributed by atoms with Gasteiger partial charge >= 0.3 is 0 Å². The summed E-state index contributed by atoms with van der Waals surface area (Å²) < 4.78 is 11.9. The molecule has 2 N–H and O–H groups in total. The number of hydrogen-bond donors (Lipinski definition) is 2. The summed E-state index contributed by atoms with van der Waals surface area (Å²) >= 11 is 0. The third-order valence-electron chi connectivity index (χ3n) is 3.59. The van der Waals surface area contributed by atoms with Gasteiger partial charge in [-0.25, -0.2) is 0 Å². The third kappa shape index (κ3) is 2.74. The second-order valence-electron chi connectivity index (χ2n) is 4.87. The van der Waals surface area contributed by atoms with Crippen molar-refractivity contribution in [3.05, 3.63) is 0 Å². The van der Waals surface area contributed by atoms with Crippen LogP contribution in [0.25, 0.3) is 0 Å². The molecule has 2 saturated heterocycles. The van der Waals surface area contributed by atoms with Gasteiger partial charge in [-0.1, -0.05) is 0 Å². The van der Waals surface area contributed by atoms with Crippen LogP contribution in [-0.4, -0.2) is 41.4 Å². The Kier molecular flexibility index (Phi) is 4.19. The zero-order chi connectivity index (χ0) is 11.4. The predicted octanol–water partition coefficient (Wildman–Crippen LogP) is 1.20. The summed E-state index contributed by atoms with van der Waals surface area (Å²) in [4.78, 5) is 0. The fourth-order valence-electron chi connectivity index (χ4n) is 2.79. The first kappa shape index (κ1) is 12.3. The Balaban J connectivity index is 1.94. The highest BCUT2D eigenvalue weighted by atomic mass is 16.7. The minimum Gasteiger partial charge on any atom is -0.396 e. The Morgan fingerprint density at radius 3 is 2.25 bits per heavy atom. The smallest absolute Gasteiger partial charge is 0.169 e. The zero-order valence-corrected chi connectivity index (χ0v) is 9.73. The first-order chi connectivity index (χ1) is 7.78. The van der Waals surface area contributed by atoms with Crippen LogP contribution in [0.2, 0.25) is 0 Å². The Bertz CT molecular complexity index is 215. The molecule has 0 bridgehead atoms. The van der Waals surface area contributed by atoms with Crippen LogP contribution < -0.4 is 0 Å². The molecule has 0 aromatic carbocycles. The molecule has 0 amide bonds. The van der Waals surface area contributed by atoms with Gasteiger partial charge in [0.25, 0.3) is 0 Å². The molecule has 2 heterocycles. The van der Waals surface area contributed by atoms with Crippen molar-refractivity contribution in [1.82, 2.24) is 0 Å². The topological polar surface area (TPSA) is 58.9 Å². The quantitative estimate of drug-likeness (QED) is 0.764. The summed E-state index contributed by atoms with van der Waals surface area (Å²) in [5.41, 5.74) is 0. The lowest BCUT2D eigenvalue weighted by Crippen LogP contribution is -2.48. The van der Waals surface area contributed by atoms with Crippen molar-refractivity contribution in [2.24, 2.45) is 0 Å². The van der Waals surface area contributed by atoms with Crippen LogP contribution in [0.1, 0.15) is 44.9 Å². The standard InChI is InChI=1S/C12H22O4/c13-8-5-10-3-1-6-12(15-10)7-2-4-11(9-14)16-12/h10-11,13-14H,1-9H2/t10-,11+,12+/m0/s1. The Morgan fingerprint density at radius 2 is 1.62 bits per heavy atom. The first-order valence-electron chi connectivity index (χ1n) is 6.35. The van der Waals surface area contributed by atoms with Gasteiger partial charge in [0.1, 0.15) is 0 Å². The van der Waals surface area contributed by atoms with Gasteiger partial charge < -0.3 is 19.7 Å². The van der Waals surface area contributed by atoms with Crippen molar-refractivity contribution in [2.75, 3.05) is 13.2 Å². The molecule has 16 heavy (non-hydrogen) atoms. The Labute approximate surface area is 96.6 Å². The van der Waals surface area contributed by atoms with E-state index in [0.717, 1.165) is 38.5 Å². The molecule has 0 saturated carbocycles. The van der Waals surface area contributed by atoms with Crippen LogP contribution in [0.15, 0.2) is 0 Å². The van der Waals surface area contributed by atoms with Gasteiger partial charge in [0.15, 0.2) is 5.79 Å². The van der Waals surface area contributed by atoms with E-state index >= 15 is 0 Å². The predicted molar refractivity (Wildman–Crippen MR) is 59.0 cm³/mol. The molecule has 2 aliphatic heterocycles. The summed E-state index contributed by atoms with van der Waals surface area (Å²) in [7, 11) is 0. The minimum absolute atomic E-state index is 0.0679. The van der Waals surface area contributed by atoms with Gasteiger partial charge in [0, 0.05) is 19.4 Å². The van der Waals surface area contributed by atoms with E-state index in [1.807, 2.05) is 0 Å². The number of rotatable bonds is 3. The van der Waals surface area contributed by atoms with Crippen LogP contribution in [0.4, 0.5) is 0 Å². The maximum Gasteiger partial charge on any atom is 0.169 e. The molecule has 4 heteroatoms. The van der Waals surface area contributed by atoms with Crippen LogP contribution in [0, 0.1) is 0 Å². The minimum atomic E-state index is -0.469. The molecule has 2 aliphatic rings. The van der Waals surface area contributed by atoms with Crippen molar-refractivity contribution in [1.29, 1.82) is 0 Å². The van der Waals surface area contributed by atoms with E-state index < -0.39 is 5.79 Å². The molecule has 0 radical (unpaired) electrons. The molecule has 0 aromatic rings. The van der Waals surface area contributed by atoms with Crippen molar-refractivity contribution >= 4 is 0 Å². The molecular formula is C12H22O4. The Hall–Kier alpha value is -0.160. The van der Waals surface area contributed by atoms with E-state index in [9.17, 15) is 0 Å². The van der Waals surface area contributed by atoms with E-state index in [2.05, 4.69) is 0 Å². The lowest BCUT2D eigenvalue weighted by atomic mass is 9.92. The van der Waals surface area contributed by atoms with Crippen LogP contribution >= 0.6 is 0 Å². The normalized spacial score (nSPS) is 40.1. The second kappa shape index (κ2) is 5.45. The van der Waals surface area contributed by atoms with Crippen LogP contribution in [-0.2, 0) is 9.47 Å². The van der Waals surface area contributed by atoms with E-state index in [1.165, 1.54) is 0 Å². The second-order valence-corrected chi connectivity index (χ2v) is 4.87. The number of aliphatic hydroxyl groups is 2. The largest absolute Gasteiger partial charge is 0.396 e. The van der Waals surface area contributed by atoms with Crippen LogP contribution in [0.5, 0.6) is 0 Å². The SMILES string of the molecule is OCC[C@@H]1CCC[C@@]2(CCC[C@H](CO)O2)O1. The fraction of sp³-hybridized carbons (Fsp3) is 1.00. The van der Waals surface area contributed by atoms with Crippen molar-refractivity contribution in [3.63, 3.8) is 0 Å². The van der Waals surface area contributed by atoms with Gasteiger partial charge in [-0.3, -0.25) is 0 Å². The fourth-order valence-corrected chi connectivity index (χ4v) is 2.79. The number of ether oxygens (including phenoxy) is 2. The van der Waals surface area contributed by atoms with Gasteiger partial charge in [-0.15, -0.1) is 0 Å². The average Bonchev–Trinajstić information content (AvgIpc) is 2.29. The molecule has 0 unspecified atom stereocenters. The molecule has 94 valence electrons. The maximum absolute atomic E-state index is 9.15. The van der Waals surface area contributed by atoms with Gasteiger partial charge in [0.2, 0.25) is 0 Å².